The predicted molar refractivity (Wildman–Crippen MR) is 88.6 cm³/mol. The zero-order valence-corrected chi connectivity index (χ0v) is 14.4. The molecular formula is C15H17N5O4S. The van der Waals surface area contributed by atoms with Gasteiger partial charge in [-0.25, -0.2) is 4.79 Å². The second-order valence-electron chi connectivity index (χ2n) is 5.20. The average molecular weight is 363 g/mol. The van der Waals surface area contributed by atoms with Crippen LogP contribution in [-0.4, -0.2) is 76.1 Å². The summed E-state index contributed by atoms with van der Waals surface area (Å²) in [6, 6.07) is 6.78. The van der Waals surface area contributed by atoms with Gasteiger partial charge in [-0.15, -0.1) is 5.10 Å². The molecule has 9 nitrogen and oxygen atoms in total. The lowest BCUT2D eigenvalue weighted by molar-refractivity contribution is -0.132. The molecule has 10 heteroatoms. The van der Waals surface area contributed by atoms with Gasteiger partial charge >= 0.3 is 5.97 Å². The van der Waals surface area contributed by atoms with Crippen LogP contribution >= 0.6 is 11.8 Å². The Morgan fingerprint density at radius 3 is 2.88 bits per heavy atom. The number of amides is 1. The van der Waals surface area contributed by atoms with Gasteiger partial charge in [0, 0.05) is 13.1 Å². The van der Waals surface area contributed by atoms with Gasteiger partial charge in [-0.1, -0.05) is 17.8 Å². The second-order valence-corrected chi connectivity index (χ2v) is 6.14. The molecule has 0 unspecified atom stereocenters. The van der Waals surface area contributed by atoms with Crippen molar-refractivity contribution in [1.82, 2.24) is 25.1 Å². The van der Waals surface area contributed by atoms with E-state index in [-0.39, 0.29) is 11.7 Å². The van der Waals surface area contributed by atoms with Crippen LogP contribution in [0.3, 0.4) is 0 Å². The quantitative estimate of drug-likeness (QED) is 0.556. The lowest BCUT2D eigenvalue weighted by atomic mass is 10.2. The van der Waals surface area contributed by atoms with Crippen LogP contribution in [-0.2, 0) is 14.3 Å². The van der Waals surface area contributed by atoms with E-state index >= 15 is 0 Å². The van der Waals surface area contributed by atoms with Gasteiger partial charge < -0.3 is 14.4 Å². The Morgan fingerprint density at radius 1 is 1.32 bits per heavy atom. The number of rotatable bonds is 5. The maximum Gasteiger partial charge on any atom is 0.337 e. The summed E-state index contributed by atoms with van der Waals surface area (Å²) in [6.45, 7) is 2.33. The van der Waals surface area contributed by atoms with E-state index in [4.69, 9.17) is 9.47 Å². The van der Waals surface area contributed by atoms with Gasteiger partial charge in [0.05, 0.1) is 37.3 Å². The summed E-state index contributed by atoms with van der Waals surface area (Å²) in [6.07, 6.45) is 0. The minimum absolute atomic E-state index is 0.0196. The molecule has 0 saturated carbocycles. The molecule has 1 fully saturated rings. The zero-order valence-electron chi connectivity index (χ0n) is 13.6. The smallest absolute Gasteiger partial charge is 0.337 e. The van der Waals surface area contributed by atoms with Gasteiger partial charge in [0.2, 0.25) is 11.1 Å². The summed E-state index contributed by atoms with van der Waals surface area (Å²) in [7, 11) is 1.32. The highest BCUT2D eigenvalue weighted by molar-refractivity contribution is 7.99. The van der Waals surface area contributed by atoms with Crippen molar-refractivity contribution in [2.75, 3.05) is 39.2 Å². The number of nitrogens with zero attached hydrogens (tertiary/aromatic N) is 5. The number of methoxy groups -OCH3 is 1. The molecule has 132 valence electrons. The molecule has 25 heavy (non-hydrogen) atoms. The second kappa shape index (κ2) is 8.08. The minimum atomic E-state index is -0.438. The van der Waals surface area contributed by atoms with Crippen molar-refractivity contribution in [2.45, 2.75) is 5.16 Å². The molecular weight excluding hydrogens is 346 g/mol. The van der Waals surface area contributed by atoms with Crippen LogP contribution in [0.5, 0.6) is 0 Å². The third-order valence-corrected chi connectivity index (χ3v) is 4.55. The van der Waals surface area contributed by atoms with E-state index in [1.54, 1.807) is 29.2 Å². The van der Waals surface area contributed by atoms with Crippen molar-refractivity contribution >= 4 is 23.6 Å². The maximum atomic E-state index is 12.2. The first-order valence-electron chi connectivity index (χ1n) is 7.64. The van der Waals surface area contributed by atoms with Crippen LogP contribution in [0.15, 0.2) is 29.4 Å². The summed E-state index contributed by atoms with van der Waals surface area (Å²) in [5.74, 6) is -0.186. The maximum absolute atomic E-state index is 12.2. The minimum Gasteiger partial charge on any atom is -0.465 e. The lowest BCUT2D eigenvalue weighted by Gasteiger charge is -2.26. The van der Waals surface area contributed by atoms with Gasteiger partial charge in [-0.2, -0.15) is 4.68 Å². The highest BCUT2D eigenvalue weighted by Crippen LogP contribution is 2.20. The Hall–Kier alpha value is -2.46. The molecule has 2 heterocycles. The molecule has 3 rings (SSSR count). The summed E-state index contributed by atoms with van der Waals surface area (Å²) in [5.41, 5.74) is 1.02. The van der Waals surface area contributed by atoms with Crippen molar-refractivity contribution in [1.29, 1.82) is 0 Å². The van der Waals surface area contributed by atoms with Crippen LogP contribution in [0.4, 0.5) is 0 Å². The van der Waals surface area contributed by atoms with Crippen molar-refractivity contribution in [3.8, 4) is 5.69 Å². The summed E-state index contributed by atoms with van der Waals surface area (Å²) < 4.78 is 11.5. The first-order chi connectivity index (χ1) is 12.2. The summed E-state index contributed by atoms with van der Waals surface area (Å²) >= 11 is 1.25. The SMILES string of the molecule is COC(=O)c1cccc(-n2nnnc2SCC(=O)N2CCOCC2)c1. The number of esters is 1. The molecule has 0 aliphatic carbocycles. The van der Waals surface area contributed by atoms with Crippen LogP contribution in [0, 0.1) is 0 Å². The largest absolute Gasteiger partial charge is 0.465 e. The molecule has 1 aliphatic rings. The molecule has 0 bridgehead atoms. The van der Waals surface area contributed by atoms with Gasteiger partial charge in [0.15, 0.2) is 0 Å². The number of tetrazole rings is 1. The fourth-order valence-electron chi connectivity index (χ4n) is 2.34. The highest BCUT2D eigenvalue weighted by atomic mass is 32.2. The fourth-order valence-corrected chi connectivity index (χ4v) is 3.14. The number of carbonyl (C=O) groups is 2. The van der Waals surface area contributed by atoms with Gasteiger partial charge in [-0.3, -0.25) is 4.79 Å². The van der Waals surface area contributed by atoms with E-state index in [1.165, 1.54) is 23.6 Å². The highest BCUT2D eigenvalue weighted by Gasteiger charge is 2.19. The fraction of sp³-hybridized carbons (Fsp3) is 0.400. The Bertz CT molecular complexity index is 760. The number of thioether (sulfide) groups is 1. The van der Waals surface area contributed by atoms with Crippen LogP contribution in [0.2, 0.25) is 0 Å². The molecule has 0 radical (unpaired) electrons. The summed E-state index contributed by atoms with van der Waals surface area (Å²) in [4.78, 5) is 25.7. The number of hydrogen-bond acceptors (Lipinski definition) is 8. The Balaban J connectivity index is 1.70. The Kier molecular flexibility index (Phi) is 5.61. The average Bonchev–Trinajstić information content (AvgIpc) is 3.15. The number of benzene rings is 1. The van der Waals surface area contributed by atoms with Crippen molar-refractivity contribution < 1.29 is 19.1 Å². The van der Waals surface area contributed by atoms with E-state index in [2.05, 4.69) is 15.5 Å². The molecule has 1 amide bonds. The lowest BCUT2D eigenvalue weighted by Crippen LogP contribution is -2.41. The van der Waals surface area contributed by atoms with Crippen LogP contribution in [0.25, 0.3) is 5.69 Å². The molecule has 1 aliphatic heterocycles. The van der Waals surface area contributed by atoms with Gasteiger partial charge in [0.1, 0.15) is 0 Å². The number of morpholine rings is 1. The topological polar surface area (TPSA) is 99.4 Å². The van der Waals surface area contributed by atoms with Crippen molar-refractivity contribution in [2.24, 2.45) is 0 Å². The molecule has 1 saturated heterocycles. The van der Waals surface area contributed by atoms with Gasteiger partial charge in [0.25, 0.3) is 0 Å². The van der Waals surface area contributed by atoms with Crippen molar-refractivity contribution in [3.63, 3.8) is 0 Å². The van der Waals surface area contributed by atoms with Crippen molar-refractivity contribution in [3.05, 3.63) is 29.8 Å². The van der Waals surface area contributed by atoms with E-state index < -0.39 is 5.97 Å². The van der Waals surface area contributed by atoms with Crippen LogP contribution < -0.4 is 0 Å². The molecule has 1 aromatic carbocycles. The van der Waals surface area contributed by atoms with Gasteiger partial charge in [-0.05, 0) is 28.6 Å². The molecule has 1 aromatic heterocycles. The molecule has 2 aromatic rings. The molecule has 0 N–H and O–H groups in total. The number of carbonyl (C=O) groups excluding carboxylic acids is 2. The summed E-state index contributed by atoms with van der Waals surface area (Å²) in [5, 5.41) is 12.0. The number of hydrogen-bond donors (Lipinski definition) is 0. The van der Waals surface area contributed by atoms with E-state index in [0.29, 0.717) is 42.7 Å². The van der Waals surface area contributed by atoms with E-state index in [1.807, 2.05) is 0 Å². The number of ether oxygens (including phenoxy) is 2. The van der Waals surface area contributed by atoms with Crippen LogP contribution in [0.1, 0.15) is 10.4 Å². The number of aromatic nitrogens is 4. The third-order valence-electron chi connectivity index (χ3n) is 3.64. The normalized spacial score (nSPS) is 14.4. The first kappa shape index (κ1) is 17.4. The van der Waals surface area contributed by atoms with E-state index in [0.717, 1.165) is 0 Å². The Morgan fingerprint density at radius 2 is 2.12 bits per heavy atom. The standard InChI is InChI=1S/C15H17N5O4S/c1-23-14(22)11-3-2-4-12(9-11)20-15(16-17-18-20)25-10-13(21)19-5-7-24-8-6-19/h2-4,9H,5-8,10H2,1H3. The molecule has 0 spiro atoms. The first-order valence-corrected chi connectivity index (χ1v) is 8.63. The Labute approximate surface area is 148 Å². The van der Waals surface area contributed by atoms with E-state index in [9.17, 15) is 9.59 Å². The zero-order chi connectivity index (χ0) is 17.6. The molecule has 0 atom stereocenters. The monoisotopic (exact) mass is 363 g/mol. The predicted octanol–water partition coefficient (Wildman–Crippen LogP) is 0.400. The third kappa shape index (κ3) is 4.15.